The molecule has 1 N–H and O–H groups in total. The molecule has 0 aromatic carbocycles. The fourth-order valence-corrected chi connectivity index (χ4v) is 3.08. The zero-order chi connectivity index (χ0) is 14.5. The molecule has 0 aromatic heterocycles. The molecule has 1 rings (SSSR count). The molecule has 0 spiro atoms. The van der Waals surface area contributed by atoms with Crippen molar-refractivity contribution in [1.29, 1.82) is 5.26 Å². The molecule has 1 heterocycles. The predicted octanol–water partition coefficient (Wildman–Crippen LogP) is 3.02. The molecule has 1 aliphatic rings. The van der Waals surface area contributed by atoms with Crippen LogP contribution in [-0.2, 0) is 0 Å². The Hall–Kier alpha value is -0.590. The number of nitriles is 1. The zero-order valence-electron chi connectivity index (χ0n) is 13.4. The van der Waals surface area contributed by atoms with Crippen LogP contribution in [0, 0.1) is 23.2 Å². The first-order valence-electron chi connectivity index (χ1n) is 7.82. The summed E-state index contributed by atoms with van der Waals surface area (Å²) in [6.45, 7) is 14.3. The standard InChI is InChI=1S/C16H31N3/c1-6-8-18-16(5,12-17)7-9-19-11-13(2)10-14(3)15(19)4/h13-15,18H,6-11H2,1-5H3. The van der Waals surface area contributed by atoms with Crippen LogP contribution in [0.1, 0.15) is 53.9 Å². The lowest BCUT2D eigenvalue weighted by atomic mass is 9.85. The van der Waals surface area contributed by atoms with Crippen LogP contribution in [0.2, 0.25) is 0 Å². The van der Waals surface area contributed by atoms with E-state index >= 15 is 0 Å². The first-order chi connectivity index (χ1) is 8.91. The summed E-state index contributed by atoms with van der Waals surface area (Å²) < 4.78 is 0. The monoisotopic (exact) mass is 265 g/mol. The Morgan fingerprint density at radius 1 is 1.37 bits per heavy atom. The molecule has 4 unspecified atom stereocenters. The van der Waals surface area contributed by atoms with Gasteiger partial charge >= 0.3 is 0 Å². The third-order valence-electron chi connectivity index (χ3n) is 4.63. The van der Waals surface area contributed by atoms with Crippen molar-refractivity contribution < 1.29 is 0 Å². The van der Waals surface area contributed by atoms with E-state index in [0.717, 1.165) is 37.8 Å². The summed E-state index contributed by atoms with van der Waals surface area (Å²) in [4.78, 5) is 2.57. The highest BCUT2D eigenvalue weighted by atomic mass is 15.2. The van der Waals surface area contributed by atoms with Crippen LogP contribution in [0.5, 0.6) is 0 Å². The van der Waals surface area contributed by atoms with E-state index in [1.807, 2.05) is 6.92 Å². The maximum atomic E-state index is 9.38. The molecule has 0 amide bonds. The second kappa shape index (κ2) is 7.26. The average molecular weight is 265 g/mol. The van der Waals surface area contributed by atoms with E-state index in [1.54, 1.807) is 0 Å². The Morgan fingerprint density at radius 3 is 2.63 bits per heavy atom. The van der Waals surface area contributed by atoms with Gasteiger partial charge in [0.05, 0.1) is 6.07 Å². The fourth-order valence-electron chi connectivity index (χ4n) is 3.08. The molecule has 3 heteroatoms. The fraction of sp³-hybridized carbons (Fsp3) is 0.938. The van der Waals surface area contributed by atoms with Gasteiger partial charge in [-0.3, -0.25) is 5.32 Å². The largest absolute Gasteiger partial charge is 0.300 e. The third-order valence-corrected chi connectivity index (χ3v) is 4.63. The zero-order valence-corrected chi connectivity index (χ0v) is 13.4. The number of nitrogens with one attached hydrogen (secondary N) is 1. The van der Waals surface area contributed by atoms with E-state index in [2.05, 4.69) is 44.0 Å². The molecule has 0 saturated carbocycles. The molecular weight excluding hydrogens is 234 g/mol. The van der Waals surface area contributed by atoms with Crippen LogP contribution in [-0.4, -0.2) is 36.1 Å². The van der Waals surface area contributed by atoms with E-state index in [-0.39, 0.29) is 5.54 Å². The normalized spacial score (nSPS) is 31.7. The maximum Gasteiger partial charge on any atom is 0.105 e. The number of hydrogen-bond donors (Lipinski definition) is 1. The minimum absolute atomic E-state index is 0.375. The smallest absolute Gasteiger partial charge is 0.105 e. The van der Waals surface area contributed by atoms with Crippen LogP contribution in [0.25, 0.3) is 0 Å². The molecule has 0 aliphatic carbocycles. The second-order valence-electron chi connectivity index (χ2n) is 6.67. The summed E-state index contributed by atoms with van der Waals surface area (Å²) in [6.07, 6.45) is 3.32. The summed E-state index contributed by atoms with van der Waals surface area (Å²) in [6, 6.07) is 3.10. The van der Waals surface area contributed by atoms with Crippen molar-refractivity contribution in [3.8, 4) is 6.07 Å². The topological polar surface area (TPSA) is 39.1 Å². The molecular formula is C16H31N3. The highest BCUT2D eigenvalue weighted by Gasteiger charge is 2.31. The molecule has 110 valence electrons. The molecule has 1 fully saturated rings. The number of hydrogen-bond acceptors (Lipinski definition) is 3. The van der Waals surface area contributed by atoms with Crippen LogP contribution in [0.4, 0.5) is 0 Å². The Morgan fingerprint density at radius 2 is 2.05 bits per heavy atom. The van der Waals surface area contributed by atoms with Crippen LogP contribution >= 0.6 is 0 Å². The van der Waals surface area contributed by atoms with Crippen molar-refractivity contribution in [3.05, 3.63) is 0 Å². The summed E-state index contributed by atoms with van der Waals surface area (Å²) >= 11 is 0. The number of likely N-dealkylation sites (tertiary alicyclic amines) is 1. The average Bonchev–Trinajstić information content (AvgIpc) is 2.39. The second-order valence-corrected chi connectivity index (χ2v) is 6.67. The first kappa shape index (κ1) is 16.5. The lowest BCUT2D eigenvalue weighted by Gasteiger charge is -2.42. The summed E-state index contributed by atoms with van der Waals surface area (Å²) in [5.41, 5.74) is -0.375. The van der Waals surface area contributed by atoms with Crippen LogP contribution in [0.15, 0.2) is 0 Å². The molecule has 0 bridgehead atoms. The van der Waals surface area contributed by atoms with Gasteiger partial charge in [-0.15, -0.1) is 0 Å². The van der Waals surface area contributed by atoms with E-state index in [1.165, 1.54) is 13.0 Å². The van der Waals surface area contributed by atoms with Crippen LogP contribution < -0.4 is 5.32 Å². The molecule has 3 nitrogen and oxygen atoms in total. The predicted molar refractivity (Wildman–Crippen MR) is 80.9 cm³/mol. The van der Waals surface area contributed by atoms with Gasteiger partial charge in [0, 0.05) is 19.1 Å². The van der Waals surface area contributed by atoms with Crippen molar-refractivity contribution in [3.63, 3.8) is 0 Å². The Kier molecular flexibility index (Phi) is 6.29. The Bertz CT molecular complexity index is 310. The van der Waals surface area contributed by atoms with Gasteiger partial charge < -0.3 is 4.90 Å². The maximum absolute atomic E-state index is 9.38. The molecule has 4 atom stereocenters. The van der Waals surface area contributed by atoms with Crippen molar-refractivity contribution in [1.82, 2.24) is 10.2 Å². The van der Waals surface area contributed by atoms with Gasteiger partial charge in [0.25, 0.3) is 0 Å². The Balaban J connectivity index is 2.51. The number of piperidine rings is 1. The molecule has 19 heavy (non-hydrogen) atoms. The van der Waals surface area contributed by atoms with Gasteiger partial charge in [0.2, 0.25) is 0 Å². The quantitative estimate of drug-likeness (QED) is 0.802. The van der Waals surface area contributed by atoms with Crippen molar-refractivity contribution in [2.24, 2.45) is 11.8 Å². The minimum atomic E-state index is -0.375. The highest BCUT2D eigenvalue weighted by Crippen LogP contribution is 2.27. The summed E-state index contributed by atoms with van der Waals surface area (Å²) in [5, 5.41) is 12.8. The summed E-state index contributed by atoms with van der Waals surface area (Å²) in [5.74, 6) is 1.55. The first-order valence-corrected chi connectivity index (χ1v) is 7.82. The van der Waals surface area contributed by atoms with E-state index in [4.69, 9.17) is 0 Å². The molecule has 1 saturated heterocycles. The third kappa shape index (κ3) is 4.78. The van der Waals surface area contributed by atoms with Crippen LogP contribution in [0.3, 0.4) is 0 Å². The van der Waals surface area contributed by atoms with E-state index in [9.17, 15) is 5.26 Å². The number of nitrogens with zero attached hydrogens (tertiary/aromatic N) is 2. The van der Waals surface area contributed by atoms with Crippen molar-refractivity contribution in [2.45, 2.75) is 65.5 Å². The Labute approximate surface area is 119 Å². The van der Waals surface area contributed by atoms with Gasteiger partial charge in [-0.05, 0) is 51.5 Å². The van der Waals surface area contributed by atoms with Gasteiger partial charge in [0.1, 0.15) is 5.54 Å². The minimum Gasteiger partial charge on any atom is -0.300 e. The summed E-state index contributed by atoms with van der Waals surface area (Å²) in [7, 11) is 0. The van der Waals surface area contributed by atoms with E-state index in [0.29, 0.717) is 6.04 Å². The SMILES string of the molecule is CCCNC(C)(C#N)CCN1CC(C)CC(C)C1C. The highest BCUT2D eigenvalue weighted by molar-refractivity contribution is 5.04. The van der Waals surface area contributed by atoms with Gasteiger partial charge in [-0.25, -0.2) is 0 Å². The van der Waals surface area contributed by atoms with Crippen molar-refractivity contribution >= 4 is 0 Å². The molecule has 0 radical (unpaired) electrons. The lowest BCUT2D eigenvalue weighted by molar-refractivity contribution is 0.0736. The lowest BCUT2D eigenvalue weighted by Crippen LogP contribution is -2.49. The molecule has 0 aromatic rings. The van der Waals surface area contributed by atoms with Gasteiger partial charge in [0.15, 0.2) is 0 Å². The number of rotatable bonds is 6. The van der Waals surface area contributed by atoms with E-state index < -0.39 is 0 Å². The van der Waals surface area contributed by atoms with Gasteiger partial charge in [-0.2, -0.15) is 5.26 Å². The van der Waals surface area contributed by atoms with Crippen molar-refractivity contribution in [2.75, 3.05) is 19.6 Å². The molecule has 1 aliphatic heterocycles. The van der Waals surface area contributed by atoms with Gasteiger partial charge in [-0.1, -0.05) is 20.8 Å².